The van der Waals surface area contributed by atoms with E-state index in [0.717, 1.165) is 5.56 Å². The molecule has 0 heterocycles. The Labute approximate surface area is 138 Å². The zero-order valence-corrected chi connectivity index (χ0v) is 13.2. The third-order valence-corrected chi connectivity index (χ3v) is 3.20. The summed E-state index contributed by atoms with van der Waals surface area (Å²) in [6, 6.07) is 11.5. The molecule has 4 nitrogen and oxygen atoms in total. The molecule has 114 valence electrons. The van der Waals surface area contributed by atoms with Crippen molar-refractivity contribution in [3.05, 3.63) is 63.6 Å². The topological polar surface area (TPSA) is 55.4 Å². The molecule has 0 aliphatic rings. The van der Waals surface area contributed by atoms with Crippen LogP contribution in [-0.4, -0.2) is 18.5 Å². The third-order valence-electron chi connectivity index (χ3n) is 2.77. The first-order valence-electron chi connectivity index (χ1n) is 6.44. The molecule has 2 rings (SSSR count). The number of ether oxygens (including phenoxy) is 1. The predicted octanol–water partition coefficient (Wildman–Crippen LogP) is 4.10. The summed E-state index contributed by atoms with van der Waals surface area (Å²) in [5.74, 6) is -1.03. The lowest BCUT2D eigenvalue weighted by molar-refractivity contribution is -0.119. The van der Waals surface area contributed by atoms with E-state index in [-0.39, 0.29) is 0 Å². The van der Waals surface area contributed by atoms with Crippen molar-refractivity contribution in [2.45, 2.75) is 6.92 Å². The van der Waals surface area contributed by atoms with E-state index in [2.05, 4.69) is 5.32 Å². The smallest absolute Gasteiger partial charge is 0.338 e. The quantitative estimate of drug-likeness (QED) is 0.854. The largest absolute Gasteiger partial charge is 0.452 e. The third kappa shape index (κ3) is 4.76. The highest BCUT2D eigenvalue weighted by Crippen LogP contribution is 2.22. The molecule has 0 radical (unpaired) electrons. The SMILES string of the molecule is Cc1ccc(C(=O)OCC(=O)Nc2cc(Cl)cc(Cl)c2)cc1. The molecule has 6 heteroatoms. The van der Waals surface area contributed by atoms with Crippen LogP contribution in [0.3, 0.4) is 0 Å². The van der Waals surface area contributed by atoms with Crippen LogP contribution in [-0.2, 0) is 9.53 Å². The highest BCUT2D eigenvalue weighted by atomic mass is 35.5. The molecule has 0 spiro atoms. The van der Waals surface area contributed by atoms with Gasteiger partial charge in [-0.25, -0.2) is 4.79 Å². The molecule has 0 aromatic heterocycles. The van der Waals surface area contributed by atoms with E-state index in [9.17, 15) is 9.59 Å². The molecule has 0 unspecified atom stereocenters. The molecule has 0 saturated heterocycles. The maximum absolute atomic E-state index is 11.8. The highest BCUT2D eigenvalue weighted by molar-refractivity contribution is 6.35. The van der Waals surface area contributed by atoms with Crippen LogP contribution in [0.15, 0.2) is 42.5 Å². The van der Waals surface area contributed by atoms with Crippen molar-refractivity contribution >= 4 is 40.8 Å². The average Bonchev–Trinajstić information content (AvgIpc) is 2.44. The second-order valence-corrected chi connectivity index (χ2v) is 5.52. The molecule has 1 amide bonds. The van der Waals surface area contributed by atoms with E-state index >= 15 is 0 Å². The van der Waals surface area contributed by atoms with E-state index in [4.69, 9.17) is 27.9 Å². The Hall–Kier alpha value is -2.04. The van der Waals surface area contributed by atoms with Gasteiger partial charge in [0.05, 0.1) is 5.56 Å². The second kappa shape index (κ2) is 7.29. The molecular formula is C16H13Cl2NO3. The van der Waals surface area contributed by atoms with Crippen LogP contribution in [0.25, 0.3) is 0 Å². The summed E-state index contributed by atoms with van der Waals surface area (Å²) in [4.78, 5) is 23.5. The number of benzene rings is 2. The minimum atomic E-state index is -0.556. The van der Waals surface area contributed by atoms with Crippen LogP contribution in [0.4, 0.5) is 5.69 Å². The Morgan fingerprint density at radius 3 is 2.23 bits per heavy atom. The van der Waals surface area contributed by atoms with Gasteiger partial charge in [-0.05, 0) is 37.3 Å². The molecule has 1 N–H and O–H groups in total. The standard InChI is InChI=1S/C16H13Cl2NO3/c1-10-2-4-11(5-3-10)16(21)22-9-15(20)19-14-7-12(17)6-13(18)8-14/h2-8H,9H2,1H3,(H,19,20). The number of aryl methyl sites for hydroxylation is 1. The summed E-state index contributed by atoms with van der Waals surface area (Å²) in [6.07, 6.45) is 0. The van der Waals surface area contributed by atoms with Crippen LogP contribution in [0.5, 0.6) is 0 Å². The molecule has 0 saturated carbocycles. The van der Waals surface area contributed by atoms with Crippen LogP contribution in [0.2, 0.25) is 10.0 Å². The van der Waals surface area contributed by atoms with Crippen LogP contribution in [0.1, 0.15) is 15.9 Å². The van der Waals surface area contributed by atoms with Gasteiger partial charge in [0.25, 0.3) is 5.91 Å². The van der Waals surface area contributed by atoms with E-state index < -0.39 is 18.5 Å². The summed E-state index contributed by atoms with van der Waals surface area (Å²) < 4.78 is 4.95. The van der Waals surface area contributed by atoms with Gasteiger partial charge in [-0.2, -0.15) is 0 Å². The van der Waals surface area contributed by atoms with Gasteiger partial charge in [0.15, 0.2) is 6.61 Å². The first kappa shape index (κ1) is 16.3. The molecule has 0 bridgehead atoms. The molecule has 0 fully saturated rings. The number of amides is 1. The zero-order valence-electron chi connectivity index (χ0n) is 11.7. The lowest BCUT2D eigenvalue weighted by atomic mass is 10.1. The van der Waals surface area contributed by atoms with Crippen molar-refractivity contribution in [1.82, 2.24) is 0 Å². The number of carbonyl (C=O) groups excluding carboxylic acids is 2. The van der Waals surface area contributed by atoms with Crippen molar-refractivity contribution in [3.8, 4) is 0 Å². The molecular weight excluding hydrogens is 325 g/mol. The van der Waals surface area contributed by atoms with Gasteiger partial charge >= 0.3 is 5.97 Å². The fraction of sp³-hybridized carbons (Fsp3) is 0.125. The van der Waals surface area contributed by atoms with Crippen LogP contribution >= 0.6 is 23.2 Å². The van der Waals surface area contributed by atoms with Crippen molar-refractivity contribution < 1.29 is 14.3 Å². The number of anilines is 1. The lowest BCUT2D eigenvalue weighted by Crippen LogP contribution is -2.20. The van der Waals surface area contributed by atoms with E-state index in [1.165, 1.54) is 0 Å². The summed E-state index contributed by atoms with van der Waals surface area (Å²) in [6.45, 7) is 1.52. The zero-order chi connectivity index (χ0) is 16.1. The number of halogens is 2. The second-order valence-electron chi connectivity index (χ2n) is 4.65. The molecule has 2 aromatic rings. The summed E-state index contributed by atoms with van der Waals surface area (Å²) in [7, 11) is 0. The maximum atomic E-state index is 11.8. The van der Waals surface area contributed by atoms with Crippen molar-refractivity contribution in [3.63, 3.8) is 0 Å². The number of rotatable bonds is 4. The van der Waals surface area contributed by atoms with Gasteiger partial charge in [-0.15, -0.1) is 0 Å². The first-order chi connectivity index (χ1) is 10.4. The van der Waals surface area contributed by atoms with Crippen LogP contribution in [0, 0.1) is 6.92 Å². The number of carbonyl (C=O) groups is 2. The van der Waals surface area contributed by atoms with Gasteiger partial charge in [-0.1, -0.05) is 40.9 Å². The monoisotopic (exact) mass is 337 g/mol. The van der Waals surface area contributed by atoms with E-state index in [1.54, 1.807) is 42.5 Å². The summed E-state index contributed by atoms with van der Waals surface area (Å²) in [5, 5.41) is 3.36. The van der Waals surface area contributed by atoms with Gasteiger partial charge in [0.2, 0.25) is 0 Å². The van der Waals surface area contributed by atoms with Gasteiger partial charge in [-0.3, -0.25) is 4.79 Å². The van der Waals surface area contributed by atoms with E-state index in [1.807, 2.05) is 6.92 Å². The minimum absolute atomic E-state index is 0.392. The number of esters is 1. The molecule has 0 atom stereocenters. The maximum Gasteiger partial charge on any atom is 0.338 e. The van der Waals surface area contributed by atoms with Crippen molar-refractivity contribution in [1.29, 1.82) is 0 Å². The van der Waals surface area contributed by atoms with Crippen molar-refractivity contribution in [2.24, 2.45) is 0 Å². The number of nitrogens with one attached hydrogen (secondary N) is 1. The predicted molar refractivity (Wildman–Crippen MR) is 86.6 cm³/mol. The fourth-order valence-electron chi connectivity index (χ4n) is 1.73. The Morgan fingerprint density at radius 2 is 1.64 bits per heavy atom. The Balaban J connectivity index is 1.89. The normalized spacial score (nSPS) is 10.1. The Morgan fingerprint density at radius 1 is 1.05 bits per heavy atom. The minimum Gasteiger partial charge on any atom is -0.452 e. The Kier molecular flexibility index (Phi) is 5.41. The van der Waals surface area contributed by atoms with Crippen LogP contribution < -0.4 is 5.32 Å². The average molecular weight is 338 g/mol. The van der Waals surface area contributed by atoms with Gasteiger partial charge < -0.3 is 10.1 Å². The molecule has 22 heavy (non-hydrogen) atoms. The van der Waals surface area contributed by atoms with Gasteiger partial charge in [0.1, 0.15) is 0 Å². The van der Waals surface area contributed by atoms with E-state index in [0.29, 0.717) is 21.3 Å². The fourth-order valence-corrected chi connectivity index (χ4v) is 2.25. The Bertz CT molecular complexity index is 679. The summed E-state index contributed by atoms with van der Waals surface area (Å²) >= 11 is 11.7. The molecule has 2 aromatic carbocycles. The first-order valence-corrected chi connectivity index (χ1v) is 7.19. The number of hydrogen-bond donors (Lipinski definition) is 1. The van der Waals surface area contributed by atoms with Crippen molar-refractivity contribution in [2.75, 3.05) is 11.9 Å². The molecule has 0 aliphatic carbocycles. The summed E-state index contributed by atoms with van der Waals surface area (Å²) in [5.41, 5.74) is 1.87. The number of hydrogen-bond acceptors (Lipinski definition) is 3. The molecule has 0 aliphatic heterocycles. The van der Waals surface area contributed by atoms with Gasteiger partial charge in [0, 0.05) is 15.7 Å². The lowest BCUT2D eigenvalue weighted by Gasteiger charge is -2.07. The highest BCUT2D eigenvalue weighted by Gasteiger charge is 2.10.